The number of hydrogen-bond donors (Lipinski definition) is 6. The molecule has 414 valence electrons. The van der Waals surface area contributed by atoms with Crippen LogP contribution < -0.4 is 37.7 Å². The molecule has 4 amide bonds. The van der Waals surface area contributed by atoms with Crippen LogP contribution in [0.4, 0.5) is 9.59 Å². The number of ether oxygens (including phenoxy) is 2. The van der Waals surface area contributed by atoms with Crippen molar-refractivity contribution in [2.75, 3.05) is 27.2 Å². The number of alkyl carbamates (subject to hydrolysis) is 1. The number of piperidine rings is 1. The normalized spacial score (nSPS) is 24.2. The minimum absolute atomic E-state index is 0. The fourth-order valence-corrected chi connectivity index (χ4v) is 13.7. The van der Waals surface area contributed by atoms with Gasteiger partial charge >= 0.3 is 12.1 Å². The zero-order valence-electron chi connectivity index (χ0n) is 44.8. The first-order valence-electron chi connectivity index (χ1n) is 26.8. The quantitative estimate of drug-likeness (QED) is 0.0631. The molecule has 16 nitrogen and oxygen atoms in total. The van der Waals surface area contributed by atoms with Crippen molar-refractivity contribution in [3.63, 3.8) is 0 Å². The van der Waals surface area contributed by atoms with E-state index < -0.39 is 47.4 Å². The Kier molecular flexibility index (Phi) is 18.2. The zero-order chi connectivity index (χ0) is 53.9. The van der Waals surface area contributed by atoms with Gasteiger partial charge in [-0.3, -0.25) is 14.6 Å². The number of ketones is 1. The van der Waals surface area contributed by atoms with Crippen LogP contribution >= 0.6 is 22.7 Å². The number of aliphatic hydroxyl groups is 2. The number of amides is 4. The van der Waals surface area contributed by atoms with E-state index in [0.717, 1.165) is 74.2 Å². The molecule has 3 fully saturated rings. The van der Waals surface area contributed by atoms with E-state index in [1.807, 2.05) is 86.0 Å². The lowest BCUT2D eigenvalue weighted by Gasteiger charge is -2.64. The first kappa shape index (κ1) is 57.7. The molecule has 19 heteroatoms. The molecular weight excluding hydrogens is 1080 g/mol. The van der Waals surface area contributed by atoms with Gasteiger partial charge in [0.25, 0.3) is 0 Å². The molecule has 2 saturated carbocycles. The van der Waals surface area contributed by atoms with E-state index in [1.54, 1.807) is 36.2 Å². The standard InChI is InChI=1S/C37H48N6O5S2.C21H25NO4.BrH/c1-24(2)33(42-36(46)43(5)20-29-22-49-35(40-29)25(3)4)34(45)39-28(16-26-12-8-6-9-13-26)18-32(44)31(17-27-14-10-7-11-15-27)41-37(47)48-21-30-19-38-23-50-30;1-22(11-12-2-3-12)9-8-20-17-13-4-5-14(23)18(17)26-19(20)15(24)6-7-21(20,25)16(22)10-13;/h6-15,19,22-25,28,31-33,44H,16-18,20-21H2,1-5H3,(H,39,45)(H,41,47)(H,42,46);4-5,12,16,19,25H,2-3,6-11H2,1H3;1H/t28-,31-,32-,33-;16-,19+,20+,21-,22?;/m01./s1. The molecule has 1 saturated heterocycles. The molecule has 5 aliphatic rings. The zero-order valence-corrected chi connectivity index (χ0v) is 48.0. The molecule has 5 aromatic rings. The smallest absolute Gasteiger partial charge is 0.407 e. The van der Waals surface area contributed by atoms with Crippen LogP contribution in [0.1, 0.15) is 110 Å². The number of phenols is 1. The molecular formula is C58H74BrN7O9S2. The lowest BCUT2D eigenvalue weighted by molar-refractivity contribution is -0.950. The van der Waals surface area contributed by atoms with Crippen molar-refractivity contribution in [3.8, 4) is 11.5 Å². The van der Waals surface area contributed by atoms with Crippen molar-refractivity contribution >= 4 is 46.5 Å². The Bertz CT molecular complexity index is 2840. The van der Waals surface area contributed by atoms with E-state index in [2.05, 4.69) is 46.8 Å². The number of aromatic hydroxyl groups is 1. The van der Waals surface area contributed by atoms with Gasteiger partial charge < -0.3 is 67.1 Å². The first-order valence-corrected chi connectivity index (χ1v) is 28.6. The van der Waals surface area contributed by atoms with E-state index >= 15 is 0 Å². The van der Waals surface area contributed by atoms with Crippen molar-refractivity contribution in [3.05, 3.63) is 128 Å². The summed E-state index contributed by atoms with van der Waals surface area (Å²) in [5, 5.41) is 46.0. The van der Waals surface area contributed by atoms with E-state index in [0.29, 0.717) is 43.9 Å². The van der Waals surface area contributed by atoms with Gasteiger partial charge in [0.2, 0.25) is 5.91 Å². The van der Waals surface area contributed by atoms with E-state index in [4.69, 9.17) is 9.47 Å². The summed E-state index contributed by atoms with van der Waals surface area (Å²) in [6.07, 6.45) is 5.25. The van der Waals surface area contributed by atoms with Crippen LogP contribution in [0.3, 0.4) is 0 Å². The molecule has 2 aromatic heterocycles. The number of halogens is 1. The van der Waals surface area contributed by atoms with Gasteiger partial charge in [0, 0.05) is 61.3 Å². The number of carbonyl (C=O) groups excluding carboxylic acids is 4. The largest absolute Gasteiger partial charge is 1.00 e. The molecule has 2 aliphatic heterocycles. The Labute approximate surface area is 470 Å². The lowest BCUT2D eigenvalue weighted by Crippen LogP contribution is -3.00. The van der Waals surface area contributed by atoms with Crippen LogP contribution in [-0.4, -0.2) is 128 Å². The third kappa shape index (κ3) is 12.6. The number of benzene rings is 3. The molecule has 9 atom stereocenters. The highest BCUT2D eigenvalue weighted by Crippen LogP contribution is 2.66. The van der Waals surface area contributed by atoms with Crippen molar-refractivity contribution in [1.29, 1.82) is 0 Å². The Balaban J connectivity index is 0.000000240. The van der Waals surface area contributed by atoms with Gasteiger partial charge in [0.15, 0.2) is 23.4 Å². The van der Waals surface area contributed by atoms with E-state index in [9.17, 15) is 34.5 Å². The third-order valence-electron chi connectivity index (χ3n) is 16.4. The Morgan fingerprint density at radius 2 is 1.65 bits per heavy atom. The number of thiazole rings is 2. The van der Waals surface area contributed by atoms with E-state index in [1.165, 1.54) is 29.1 Å². The summed E-state index contributed by atoms with van der Waals surface area (Å²) < 4.78 is 12.4. The molecule has 6 N–H and O–H groups in total. The molecule has 1 spiro atoms. The lowest BCUT2D eigenvalue weighted by atomic mass is 9.48. The number of likely N-dealkylation sites (N-methyl/N-ethyl adjacent to an activating group) is 1. The first-order chi connectivity index (χ1) is 36.4. The second-order valence-electron chi connectivity index (χ2n) is 22.6. The molecule has 0 radical (unpaired) electrons. The van der Waals surface area contributed by atoms with Gasteiger partial charge in [-0.15, -0.1) is 22.7 Å². The highest BCUT2D eigenvalue weighted by atomic mass is 79.9. The number of urea groups is 1. The number of Topliss-reactive ketones (excluding diaryl/α,β-unsaturated/α-hetero) is 1. The SMILES string of the molecule is CC(C)c1nc(CN(C)C(=O)N[C@H](C(=O)N[C@@H](Cc2ccccc2)C[C@H](O)[C@H](Cc2ccccc2)NC(=O)OCc2cncs2)C(C)C)cs1.C[N+]1(CC2CC2)CC[C@]23c4c5ccc(O)c4O[C@H]2C(=O)CC[C@@]3(O)[C@H]1C5.[Br-]. The van der Waals surface area contributed by atoms with Crippen LogP contribution in [0, 0.1) is 11.8 Å². The van der Waals surface area contributed by atoms with Gasteiger partial charge in [-0.05, 0) is 67.2 Å². The number of carbonyl (C=O) groups is 4. The molecule has 10 rings (SSSR count). The number of aromatic nitrogens is 2. The summed E-state index contributed by atoms with van der Waals surface area (Å²) in [6, 6.07) is 20.6. The number of quaternary nitrogens is 1. The molecule has 1 unspecified atom stereocenters. The monoisotopic (exact) mass is 1160 g/mol. The average Bonchev–Trinajstić information content (AvgIpc) is 3.99. The number of nitrogens with zero attached hydrogens (tertiary/aromatic N) is 4. The molecule has 3 aromatic carbocycles. The Morgan fingerprint density at radius 3 is 2.29 bits per heavy atom. The minimum Gasteiger partial charge on any atom is -1.00 e. The van der Waals surface area contributed by atoms with Crippen molar-refractivity contribution in [1.82, 2.24) is 30.8 Å². The predicted molar refractivity (Wildman–Crippen MR) is 291 cm³/mol. The number of likely N-dealkylation sites (tertiary alicyclic amines) is 1. The molecule has 3 aliphatic carbocycles. The number of phenolic OH excluding ortho intramolecular Hbond substituents is 1. The highest BCUT2D eigenvalue weighted by Gasteiger charge is 2.76. The van der Waals surface area contributed by atoms with Crippen molar-refractivity contribution in [2.45, 2.75) is 152 Å². The highest BCUT2D eigenvalue weighted by molar-refractivity contribution is 7.09. The van der Waals surface area contributed by atoms with Crippen molar-refractivity contribution in [2.24, 2.45) is 11.8 Å². The predicted octanol–water partition coefficient (Wildman–Crippen LogP) is 4.58. The summed E-state index contributed by atoms with van der Waals surface area (Å²) in [6.45, 7) is 10.4. The maximum Gasteiger partial charge on any atom is 0.407 e. The summed E-state index contributed by atoms with van der Waals surface area (Å²) >= 11 is 2.95. The van der Waals surface area contributed by atoms with Gasteiger partial charge in [-0.1, -0.05) is 94.4 Å². The van der Waals surface area contributed by atoms with Gasteiger partial charge in [-0.2, -0.15) is 0 Å². The average molecular weight is 1160 g/mol. The number of hydrogen-bond acceptors (Lipinski definition) is 13. The summed E-state index contributed by atoms with van der Waals surface area (Å²) in [5.74, 6) is 1.14. The second kappa shape index (κ2) is 24.3. The van der Waals surface area contributed by atoms with Crippen LogP contribution in [-0.2, 0) is 52.2 Å². The topological polar surface area (TPSA) is 213 Å². The van der Waals surface area contributed by atoms with Gasteiger partial charge in [0.05, 0.1) is 65.3 Å². The Hall–Kier alpha value is -5.44. The maximum absolute atomic E-state index is 13.9. The van der Waals surface area contributed by atoms with Gasteiger partial charge in [-0.25, -0.2) is 14.6 Å². The number of rotatable bonds is 19. The molecule has 2 bridgehead atoms. The van der Waals surface area contributed by atoms with Crippen molar-refractivity contribution < 1.29 is 65.4 Å². The summed E-state index contributed by atoms with van der Waals surface area (Å²) in [7, 11) is 3.98. The van der Waals surface area contributed by atoms with Crippen LogP contribution in [0.25, 0.3) is 0 Å². The second-order valence-corrected chi connectivity index (χ2v) is 24.5. The third-order valence-corrected chi connectivity index (χ3v) is 18.4. The van der Waals surface area contributed by atoms with Crippen LogP contribution in [0.2, 0.25) is 0 Å². The van der Waals surface area contributed by atoms with Crippen LogP contribution in [0.5, 0.6) is 11.5 Å². The molecule has 77 heavy (non-hydrogen) atoms. The van der Waals surface area contributed by atoms with Gasteiger partial charge in [0.1, 0.15) is 24.3 Å². The minimum atomic E-state index is -1.05. The van der Waals surface area contributed by atoms with E-state index in [-0.39, 0.29) is 65.4 Å². The summed E-state index contributed by atoms with van der Waals surface area (Å²) in [5.41, 5.74) is 4.84. The fraction of sp³-hybridized carbons (Fsp3) is 0.517. The Morgan fingerprint density at radius 1 is 0.948 bits per heavy atom. The maximum atomic E-state index is 13.9. The number of nitrogens with one attached hydrogen (secondary N) is 3. The molecule has 4 heterocycles. The number of aliphatic hydroxyl groups excluding tert-OH is 1. The fourth-order valence-electron chi connectivity index (χ4n) is 12.3. The van der Waals surface area contributed by atoms with Crippen LogP contribution in [0.15, 0.2) is 89.9 Å². The summed E-state index contributed by atoms with van der Waals surface area (Å²) in [4.78, 5) is 63.8.